The van der Waals surface area contributed by atoms with Crippen molar-refractivity contribution in [1.29, 1.82) is 0 Å². The third-order valence-corrected chi connectivity index (χ3v) is 4.98. The Morgan fingerprint density at radius 1 is 1.05 bits per heavy atom. The average Bonchev–Trinajstić information content (AvgIpc) is 2.95. The van der Waals surface area contributed by atoms with Crippen LogP contribution in [0.1, 0.15) is 11.1 Å². The summed E-state index contributed by atoms with van der Waals surface area (Å²) in [6.45, 7) is 2.06. The van der Waals surface area contributed by atoms with E-state index in [1.54, 1.807) is 18.1 Å². The third-order valence-electron chi connectivity index (χ3n) is 3.30. The SMILES string of the molecule is Cc1ccccc1-n1cnnc1SCc1c(Cl)cccc1Cl. The van der Waals surface area contributed by atoms with Gasteiger partial charge in [-0.15, -0.1) is 10.2 Å². The van der Waals surface area contributed by atoms with Crippen molar-refractivity contribution >= 4 is 35.0 Å². The first-order valence-corrected chi connectivity index (χ1v) is 8.42. The number of aromatic nitrogens is 3. The molecule has 0 saturated carbocycles. The molecular weight excluding hydrogens is 337 g/mol. The molecule has 3 aromatic rings. The Balaban J connectivity index is 1.86. The Bertz CT molecular complexity index is 781. The van der Waals surface area contributed by atoms with Crippen molar-refractivity contribution in [2.45, 2.75) is 17.8 Å². The maximum absolute atomic E-state index is 6.21. The minimum Gasteiger partial charge on any atom is -0.276 e. The Hall–Kier alpha value is -1.49. The molecule has 0 saturated heterocycles. The third kappa shape index (κ3) is 3.14. The van der Waals surface area contributed by atoms with Crippen LogP contribution in [0, 0.1) is 6.92 Å². The molecular formula is C16H13Cl2N3S. The summed E-state index contributed by atoms with van der Waals surface area (Å²) in [5.41, 5.74) is 3.15. The molecule has 6 heteroatoms. The monoisotopic (exact) mass is 349 g/mol. The second kappa shape index (κ2) is 6.73. The van der Waals surface area contributed by atoms with Crippen LogP contribution in [0.25, 0.3) is 5.69 Å². The molecule has 1 heterocycles. The van der Waals surface area contributed by atoms with Crippen LogP contribution in [0.5, 0.6) is 0 Å². The van der Waals surface area contributed by atoms with E-state index >= 15 is 0 Å². The number of hydrogen-bond donors (Lipinski definition) is 0. The van der Waals surface area contributed by atoms with Gasteiger partial charge >= 0.3 is 0 Å². The van der Waals surface area contributed by atoms with E-state index in [-0.39, 0.29) is 0 Å². The molecule has 1 aromatic heterocycles. The Morgan fingerprint density at radius 2 is 1.77 bits per heavy atom. The summed E-state index contributed by atoms with van der Waals surface area (Å²) in [5, 5.41) is 10.4. The molecule has 0 atom stereocenters. The van der Waals surface area contributed by atoms with Crippen molar-refractivity contribution in [3.63, 3.8) is 0 Å². The lowest BCUT2D eigenvalue weighted by molar-refractivity contribution is 0.878. The van der Waals surface area contributed by atoms with Gasteiger partial charge in [0.05, 0.1) is 5.69 Å². The van der Waals surface area contributed by atoms with Crippen LogP contribution in [0.15, 0.2) is 53.9 Å². The van der Waals surface area contributed by atoms with Gasteiger partial charge < -0.3 is 0 Å². The number of hydrogen-bond acceptors (Lipinski definition) is 3. The Kier molecular flexibility index (Phi) is 4.71. The number of benzene rings is 2. The lowest BCUT2D eigenvalue weighted by Gasteiger charge is -2.10. The maximum Gasteiger partial charge on any atom is 0.195 e. The second-order valence-corrected chi connectivity index (χ2v) is 6.52. The van der Waals surface area contributed by atoms with E-state index in [9.17, 15) is 0 Å². The van der Waals surface area contributed by atoms with Gasteiger partial charge in [-0.1, -0.05) is 59.2 Å². The first-order chi connectivity index (χ1) is 10.7. The van der Waals surface area contributed by atoms with Crippen LogP contribution in [-0.2, 0) is 5.75 Å². The number of halogens is 2. The van der Waals surface area contributed by atoms with Crippen LogP contribution in [0.3, 0.4) is 0 Å². The van der Waals surface area contributed by atoms with Crippen LogP contribution < -0.4 is 0 Å². The summed E-state index contributed by atoms with van der Waals surface area (Å²) in [6.07, 6.45) is 1.72. The molecule has 0 radical (unpaired) electrons. The molecule has 0 bridgehead atoms. The van der Waals surface area contributed by atoms with E-state index in [1.165, 1.54) is 5.56 Å². The van der Waals surface area contributed by atoms with Gasteiger partial charge in [0, 0.05) is 15.8 Å². The zero-order chi connectivity index (χ0) is 15.5. The fraction of sp³-hybridized carbons (Fsp3) is 0.125. The van der Waals surface area contributed by atoms with Crippen LogP contribution in [0.4, 0.5) is 0 Å². The molecule has 0 aliphatic rings. The molecule has 0 aliphatic carbocycles. The molecule has 0 fully saturated rings. The van der Waals surface area contributed by atoms with Gasteiger partial charge in [-0.3, -0.25) is 4.57 Å². The smallest absolute Gasteiger partial charge is 0.195 e. The quantitative estimate of drug-likeness (QED) is 0.608. The Labute approximate surface area is 143 Å². The number of thioether (sulfide) groups is 1. The van der Waals surface area contributed by atoms with Crippen molar-refractivity contribution in [3.8, 4) is 5.69 Å². The first-order valence-electron chi connectivity index (χ1n) is 6.68. The summed E-state index contributed by atoms with van der Waals surface area (Å²) in [4.78, 5) is 0. The van der Waals surface area contributed by atoms with Gasteiger partial charge in [0.1, 0.15) is 6.33 Å². The number of rotatable bonds is 4. The molecule has 0 amide bonds. The van der Waals surface area contributed by atoms with E-state index in [1.807, 2.05) is 41.0 Å². The van der Waals surface area contributed by atoms with Crippen molar-refractivity contribution in [2.75, 3.05) is 0 Å². The minimum absolute atomic E-state index is 0.642. The van der Waals surface area contributed by atoms with Gasteiger partial charge in [-0.05, 0) is 36.2 Å². The van der Waals surface area contributed by atoms with Gasteiger partial charge in [0.15, 0.2) is 5.16 Å². The van der Waals surface area contributed by atoms with Crippen molar-refractivity contribution in [3.05, 3.63) is 70.0 Å². The molecule has 3 rings (SSSR count). The molecule has 2 aromatic carbocycles. The predicted molar refractivity (Wildman–Crippen MR) is 92.1 cm³/mol. The van der Waals surface area contributed by atoms with Crippen LogP contribution >= 0.6 is 35.0 Å². The standard InChI is InChI=1S/C16H13Cl2N3S/c1-11-5-2-3-8-15(11)21-10-19-20-16(21)22-9-12-13(17)6-4-7-14(12)18/h2-8,10H,9H2,1H3. The Morgan fingerprint density at radius 3 is 2.50 bits per heavy atom. The van der Waals surface area contributed by atoms with Crippen molar-refractivity contribution in [2.24, 2.45) is 0 Å². The lowest BCUT2D eigenvalue weighted by atomic mass is 10.2. The van der Waals surface area contributed by atoms with Gasteiger partial charge in [0.2, 0.25) is 0 Å². The molecule has 0 N–H and O–H groups in total. The summed E-state index contributed by atoms with van der Waals surface area (Å²) in [5.74, 6) is 0.642. The summed E-state index contributed by atoms with van der Waals surface area (Å²) < 4.78 is 1.98. The highest BCUT2D eigenvalue weighted by Gasteiger charge is 2.12. The highest BCUT2D eigenvalue weighted by Crippen LogP contribution is 2.31. The summed E-state index contributed by atoms with van der Waals surface area (Å²) >= 11 is 14.0. The zero-order valence-corrected chi connectivity index (χ0v) is 14.2. The molecule has 3 nitrogen and oxygen atoms in total. The molecule has 22 heavy (non-hydrogen) atoms. The van der Waals surface area contributed by atoms with Crippen molar-refractivity contribution < 1.29 is 0 Å². The van der Waals surface area contributed by atoms with E-state index < -0.39 is 0 Å². The first kappa shape index (κ1) is 15.4. The zero-order valence-electron chi connectivity index (χ0n) is 11.8. The molecule has 0 unspecified atom stereocenters. The minimum atomic E-state index is 0.642. The molecule has 0 spiro atoms. The largest absolute Gasteiger partial charge is 0.276 e. The number of para-hydroxylation sites is 1. The predicted octanol–water partition coefficient (Wildman–Crippen LogP) is 5.17. The maximum atomic E-state index is 6.21. The average molecular weight is 350 g/mol. The number of aryl methyl sites for hydroxylation is 1. The highest BCUT2D eigenvalue weighted by molar-refractivity contribution is 7.98. The lowest BCUT2D eigenvalue weighted by Crippen LogP contribution is -1.98. The van der Waals surface area contributed by atoms with E-state index in [2.05, 4.69) is 23.2 Å². The highest BCUT2D eigenvalue weighted by atomic mass is 35.5. The summed E-state index contributed by atoms with van der Waals surface area (Å²) in [7, 11) is 0. The van der Waals surface area contributed by atoms with Gasteiger partial charge in [-0.2, -0.15) is 0 Å². The summed E-state index contributed by atoms with van der Waals surface area (Å²) in [6, 6.07) is 13.7. The molecule has 112 valence electrons. The van der Waals surface area contributed by atoms with E-state index in [0.717, 1.165) is 16.4 Å². The fourth-order valence-electron chi connectivity index (χ4n) is 2.13. The van der Waals surface area contributed by atoms with E-state index in [0.29, 0.717) is 15.8 Å². The second-order valence-electron chi connectivity index (χ2n) is 4.76. The normalized spacial score (nSPS) is 10.9. The fourth-order valence-corrected chi connectivity index (χ4v) is 3.79. The van der Waals surface area contributed by atoms with Crippen LogP contribution in [-0.4, -0.2) is 14.8 Å². The van der Waals surface area contributed by atoms with E-state index in [4.69, 9.17) is 23.2 Å². The number of nitrogens with zero attached hydrogens (tertiary/aromatic N) is 3. The molecule has 0 aliphatic heterocycles. The van der Waals surface area contributed by atoms with Gasteiger partial charge in [0.25, 0.3) is 0 Å². The topological polar surface area (TPSA) is 30.7 Å². The van der Waals surface area contributed by atoms with Crippen LogP contribution in [0.2, 0.25) is 10.0 Å². The van der Waals surface area contributed by atoms with Crippen molar-refractivity contribution in [1.82, 2.24) is 14.8 Å². The van der Waals surface area contributed by atoms with Gasteiger partial charge in [-0.25, -0.2) is 0 Å².